The number of benzene rings is 3. The monoisotopic (exact) mass is 840 g/mol. The van der Waals surface area contributed by atoms with Crippen molar-refractivity contribution in [2.75, 3.05) is 46.3 Å². The summed E-state index contributed by atoms with van der Waals surface area (Å²) < 4.78 is 26.3. The van der Waals surface area contributed by atoms with Gasteiger partial charge in [0.1, 0.15) is 28.9 Å². The molecule has 6 rings (SSSR count). The number of aliphatic hydroxyl groups excluding tert-OH is 2. The Morgan fingerprint density at radius 2 is 1.77 bits per heavy atom. The van der Waals surface area contributed by atoms with E-state index in [0.717, 1.165) is 59.6 Å². The van der Waals surface area contributed by atoms with Gasteiger partial charge in [-0.1, -0.05) is 60.5 Å². The minimum atomic E-state index is -1.32. The lowest BCUT2D eigenvalue weighted by Gasteiger charge is -2.59. The summed E-state index contributed by atoms with van der Waals surface area (Å²) in [5.41, 5.74) is 3.07. The number of unbranched alkanes of at least 4 members (excludes halogenated alkanes) is 2. The molecule has 6 atom stereocenters. The molecule has 3 aromatic rings. The molecule has 0 saturated heterocycles. The fourth-order valence-electron chi connectivity index (χ4n) is 9.10. The van der Waals surface area contributed by atoms with Gasteiger partial charge in [-0.25, -0.2) is 0 Å². The average molecular weight is 841 g/mol. The molecule has 3 aliphatic rings. The number of nitrogens with zero attached hydrogens (tertiary/aromatic N) is 2. The molecule has 60 heavy (non-hydrogen) atoms. The van der Waals surface area contributed by atoms with Gasteiger partial charge in [-0.3, -0.25) is 4.79 Å². The molecule has 11 heteroatoms. The second kappa shape index (κ2) is 21.0. The van der Waals surface area contributed by atoms with Crippen molar-refractivity contribution in [3.63, 3.8) is 0 Å². The second-order valence-corrected chi connectivity index (χ2v) is 18.2. The molecule has 1 saturated carbocycles. The summed E-state index contributed by atoms with van der Waals surface area (Å²) >= 11 is 1.76. The number of methoxy groups -OCH3 is 1. The summed E-state index contributed by atoms with van der Waals surface area (Å²) in [4.78, 5) is 23.7. The summed E-state index contributed by atoms with van der Waals surface area (Å²) in [6, 6.07) is 23.4. The van der Waals surface area contributed by atoms with Gasteiger partial charge in [0.25, 0.3) is 0 Å². The molecule has 2 N–H and O–H groups in total. The average Bonchev–Trinajstić information content (AvgIpc) is 3.24. The van der Waals surface area contributed by atoms with E-state index in [9.17, 15) is 15.0 Å². The highest BCUT2D eigenvalue weighted by Gasteiger charge is 2.65. The Bertz CT molecular complexity index is 1950. The lowest BCUT2D eigenvalue weighted by Crippen LogP contribution is -2.69. The maximum absolute atomic E-state index is 14.5. The van der Waals surface area contributed by atoms with E-state index in [1.54, 1.807) is 29.8 Å². The molecule has 1 heterocycles. The van der Waals surface area contributed by atoms with E-state index in [1.165, 1.54) is 4.90 Å². The van der Waals surface area contributed by atoms with Gasteiger partial charge in [0, 0.05) is 48.8 Å². The first-order valence-electron chi connectivity index (χ1n) is 21.5. The first-order valence-corrected chi connectivity index (χ1v) is 22.5. The number of hydrogen-bond acceptors (Lipinski definition) is 10. The molecule has 3 aromatic carbocycles. The zero-order valence-corrected chi connectivity index (χ0v) is 36.8. The first-order chi connectivity index (χ1) is 29.0. The number of fused-ring (bicyclic) bond motifs is 2. The number of thioether (sulfide) groups is 1. The molecule has 0 aromatic heterocycles. The molecular weight excluding hydrogens is 777 g/mol. The number of rotatable bonds is 21. The van der Waals surface area contributed by atoms with Gasteiger partial charge in [-0.15, -0.1) is 18.3 Å². The van der Waals surface area contributed by atoms with Crippen LogP contribution in [0.4, 0.5) is 0 Å². The standard InChI is InChI=1S/C49H64N2O8S/c1-7-26-57-49-44(51(5)45(54)30-34-16-15-18-36(29-34)55-6)33-42(50-59-48(2,3)4)40-31-35(17-11-13-24-52)39(21-12-14-25-53)46(47(40)49)41-32-37(22-23-43(41)58-49)56-27-28-60-38-19-9-8-10-20-38/h7-10,15-16,18-20,22-23,29,31-32,35,39,44,46-47,52-53H,1,11-14,17,21,24-28,30,33H2,2-6H3. The van der Waals surface area contributed by atoms with Crippen LogP contribution in [0.25, 0.3) is 0 Å². The number of oxime groups is 1. The molecular formula is C49H64N2O8S. The minimum Gasteiger partial charge on any atom is -0.497 e. The highest BCUT2D eigenvalue weighted by atomic mass is 32.2. The van der Waals surface area contributed by atoms with Gasteiger partial charge < -0.3 is 38.9 Å². The van der Waals surface area contributed by atoms with E-state index in [2.05, 4.69) is 30.9 Å². The van der Waals surface area contributed by atoms with Crippen molar-refractivity contribution in [3.8, 4) is 17.2 Å². The van der Waals surface area contributed by atoms with Crippen LogP contribution >= 0.6 is 11.8 Å². The summed E-state index contributed by atoms with van der Waals surface area (Å²) in [5.74, 6) is 1.22. The van der Waals surface area contributed by atoms with Crippen molar-refractivity contribution in [1.82, 2.24) is 4.90 Å². The normalized spacial score (nSPS) is 23.8. The summed E-state index contributed by atoms with van der Waals surface area (Å²) in [7, 11) is 3.45. The van der Waals surface area contributed by atoms with E-state index in [-0.39, 0.29) is 49.9 Å². The molecule has 0 radical (unpaired) electrons. The van der Waals surface area contributed by atoms with Crippen molar-refractivity contribution in [2.24, 2.45) is 22.9 Å². The van der Waals surface area contributed by atoms with Gasteiger partial charge in [-0.2, -0.15) is 0 Å². The Labute approximate surface area is 361 Å². The number of allylic oxidation sites excluding steroid dienone is 1. The maximum atomic E-state index is 14.5. The first kappa shape index (κ1) is 45.2. The molecule has 0 bridgehead atoms. The SMILES string of the molecule is C=CCOC12Oc3ccc(OCCSc4ccccc4)cc3C3C(CCCCO)C(CCCCO)C=C(C(=NOC(C)(C)C)CC1N(C)C(=O)Cc1cccc(OC)c1)C32. The number of likely N-dealkylation sites (N-methyl/N-ethyl adjacent to an activating group) is 1. The fourth-order valence-corrected chi connectivity index (χ4v) is 9.85. The van der Waals surface area contributed by atoms with Crippen LogP contribution in [-0.2, 0) is 20.8 Å². The molecule has 10 nitrogen and oxygen atoms in total. The van der Waals surface area contributed by atoms with Crippen LogP contribution in [-0.4, -0.2) is 90.5 Å². The minimum absolute atomic E-state index is 0.0985. The molecule has 6 unspecified atom stereocenters. The van der Waals surface area contributed by atoms with E-state index in [1.807, 2.05) is 82.4 Å². The summed E-state index contributed by atoms with van der Waals surface area (Å²) in [6.07, 6.45) is 9.40. The van der Waals surface area contributed by atoms with Gasteiger partial charge in [-0.05, 0) is 112 Å². The topological polar surface area (TPSA) is 119 Å². The third-order valence-corrected chi connectivity index (χ3v) is 12.8. The zero-order valence-electron chi connectivity index (χ0n) is 36.0. The highest BCUT2D eigenvalue weighted by molar-refractivity contribution is 7.99. The van der Waals surface area contributed by atoms with Gasteiger partial charge in [0.05, 0.1) is 38.4 Å². The second-order valence-electron chi connectivity index (χ2n) is 17.0. The summed E-state index contributed by atoms with van der Waals surface area (Å²) in [5, 5.41) is 24.7. The van der Waals surface area contributed by atoms with E-state index < -0.39 is 23.3 Å². The number of aliphatic hydroxyl groups is 2. The number of ether oxygens (including phenoxy) is 4. The van der Waals surface area contributed by atoms with E-state index in [0.29, 0.717) is 37.4 Å². The van der Waals surface area contributed by atoms with Crippen molar-refractivity contribution in [1.29, 1.82) is 0 Å². The van der Waals surface area contributed by atoms with Crippen molar-refractivity contribution in [2.45, 2.75) is 100 Å². The quantitative estimate of drug-likeness (QED) is 0.0469. The summed E-state index contributed by atoms with van der Waals surface area (Å²) in [6.45, 7) is 10.9. The smallest absolute Gasteiger partial charge is 0.239 e. The Kier molecular flexibility index (Phi) is 15.8. The molecule has 1 amide bonds. The lowest BCUT2D eigenvalue weighted by molar-refractivity contribution is -0.255. The van der Waals surface area contributed by atoms with Crippen LogP contribution in [0.1, 0.15) is 82.8 Å². The molecule has 1 fully saturated rings. The molecule has 0 spiro atoms. The highest BCUT2D eigenvalue weighted by Crippen LogP contribution is 2.62. The van der Waals surface area contributed by atoms with Crippen LogP contribution < -0.4 is 14.2 Å². The van der Waals surface area contributed by atoms with E-state index >= 15 is 0 Å². The zero-order chi connectivity index (χ0) is 42.7. The largest absolute Gasteiger partial charge is 0.497 e. The maximum Gasteiger partial charge on any atom is 0.239 e. The predicted molar refractivity (Wildman–Crippen MR) is 238 cm³/mol. The Balaban J connectivity index is 1.49. The van der Waals surface area contributed by atoms with Crippen LogP contribution in [0.5, 0.6) is 17.2 Å². The number of carbonyl (C=O) groups is 1. The van der Waals surface area contributed by atoms with E-state index in [4.69, 9.17) is 28.9 Å². The van der Waals surface area contributed by atoms with Crippen molar-refractivity contribution < 1.29 is 38.8 Å². The van der Waals surface area contributed by atoms with Crippen LogP contribution in [0.3, 0.4) is 0 Å². The van der Waals surface area contributed by atoms with Gasteiger partial charge >= 0.3 is 0 Å². The molecule has 2 aliphatic carbocycles. The lowest BCUT2D eigenvalue weighted by atomic mass is 9.55. The number of carbonyl (C=O) groups excluding carboxylic acids is 1. The number of hydrogen-bond donors (Lipinski definition) is 2. The molecule has 324 valence electrons. The van der Waals surface area contributed by atoms with Crippen LogP contribution in [0.15, 0.2) is 107 Å². The third kappa shape index (κ3) is 10.8. The molecule has 1 aliphatic heterocycles. The van der Waals surface area contributed by atoms with Crippen molar-refractivity contribution >= 4 is 23.4 Å². The fraction of sp³-hybridized carbons (Fsp3) is 0.510. The van der Waals surface area contributed by atoms with Gasteiger partial charge in [0.15, 0.2) is 0 Å². The Hall–Kier alpha value is -4.29. The van der Waals surface area contributed by atoms with Crippen LogP contribution in [0.2, 0.25) is 0 Å². The van der Waals surface area contributed by atoms with Crippen molar-refractivity contribution in [3.05, 3.63) is 108 Å². The Morgan fingerprint density at radius 1 is 1.00 bits per heavy atom. The third-order valence-electron chi connectivity index (χ3n) is 11.8. The predicted octanol–water partition coefficient (Wildman–Crippen LogP) is 9.00. The van der Waals surface area contributed by atoms with Gasteiger partial charge in [0.2, 0.25) is 11.7 Å². The Morgan fingerprint density at radius 3 is 2.48 bits per heavy atom. The van der Waals surface area contributed by atoms with Crippen LogP contribution in [0, 0.1) is 17.8 Å². The number of amides is 1.